The van der Waals surface area contributed by atoms with Crippen LogP contribution < -0.4 is 11.1 Å². The Morgan fingerprint density at radius 2 is 2.10 bits per heavy atom. The van der Waals surface area contributed by atoms with Crippen LogP contribution in [0.3, 0.4) is 0 Å². The highest BCUT2D eigenvalue weighted by Crippen LogP contribution is 2.25. The summed E-state index contributed by atoms with van der Waals surface area (Å²) in [6.45, 7) is 4.77. The zero-order valence-electron chi connectivity index (χ0n) is 12.5. The van der Waals surface area contributed by atoms with E-state index in [1.54, 1.807) is 6.20 Å². The van der Waals surface area contributed by atoms with Crippen LogP contribution in [0, 0.1) is 0 Å². The van der Waals surface area contributed by atoms with Crippen molar-refractivity contribution >= 4 is 11.5 Å². The average molecular weight is 283 g/mol. The molecular formula is C17H21N3O. The second-order valence-corrected chi connectivity index (χ2v) is 4.95. The number of carbonyl (C=O) groups excluding carboxylic acids is 1. The molecule has 3 N–H and O–H groups in total. The van der Waals surface area contributed by atoms with Crippen LogP contribution in [0.5, 0.6) is 0 Å². The Labute approximate surface area is 125 Å². The topological polar surface area (TPSA) is 68.0 Å². The van der Waals surface area contributed by atoms with Crippen molar-refractivity contribution in [2.75, 3.05) is 18.4 Å². The van der Waals surface area contributed by atoms with E-state index in [2.05, 4.69) is 35.4 Å². The Morgan fingerprint density at radius 1 is 1.29 bits per heavy atom. The largest absolute Gasteiger partial charge is 0.382 e. The molecule has 1 aromatic carbocycles. The number of aromatic nitrogens is 1. The molecule has 0 aliphatic heterocycles. The monoisotopic (exact) mass is 283 g/mol. The van der Waals surface area contributed by atoms with Crippen LogP contribution in [0.4, 0.5) is 5.69 Å². The highest BCUT2D eigenvalue weighted by molar-refractivity contribution is 5.98. The summed E-state index contributed by atoms with van der Waals surface area (Å²) in [7, 11) is 0. The quantitative estimate of drug-likeness (QED) is 0.800. The number of hydrogen-bond donors (Lipinski definition) is 2. The van der Waals surface area contributed by atoms with Crippen molar-refractivity contribution in [2.24, 2.45) is 5.73 Å². The van der Waals surface area contributed by atoms with Crippen molar-refractivity contribution in [3.05, 3.63) is 47.8 Å². The minimum atomic E-state index is -0.0524. The summed E-state index contributed by atoms with van der Waals surface area (Å²) in [5.41, 5.74) is 10.1. The molecule has 21 heavy (non-hydrogen) atoms. The number of carbonyl (C=O) groups is 1. The first-order chi connectivity index (χ1) is 10.2. The molecule has 0 fully saturated rings. The van der Waals surface area contributed by atoms with Gasteiger partial charge >= 0.3 is 0 Å². The minimum absolute atomic E-state index is 0.0524. The van der Waals surface area contributed by atoms with Gasteiger partial charge in [-0.05, 0) is 23.6 Å². The first-order valence-electron chi connectivity index (χ1n) is 7.20. The summed E-state index contributed by atoms with van der Waals surface area (Å²) < 4.78 is 0. The molecule has 0 unspecified atom stereocenters. The fourth-order valence-corrected chi connectivity index (χ4v) is 2.22. The first-order valence-corrected chi connectivity index (χ1v) is 7.20. The highest BCUT2D eigenvalue weighted by Gasteiger charge is 2.10. The van der Waals surface area contributed by atoms with Gasteiger partial charge in [0.2, 0.25) is 0 Å². The van der Waals surface area contributed by atoms with Crippen LogP contribution >= 0.6 is 0 Å². The third kappa shape index (κ3) is 3.67. The second kappa shape index (κ2) is 6.99. The Morgan fingerprint density at radius 3 is 2.76 bits per heavy atom. The molecule has 1 heterocycles. The lowest BCUT2D eigenvalue weighted by atomic mass is 10.0. The van der Waals surface area contributed by atoms with Crippen molar-refractivity contribution in [1.82, 2.24) is 4.98 Å². The van der Waals surface area contributed by atoms with E-state index in [1.165, 1.54) is 12.5 Å². The second-order valence-electron chi connectivity index (χ2n) is 4.95. The van der Waals surface area contributed by atoms with E-state index in [0.717, 1.165) is 23.2 Å². The fourth-order valence-electron chi connectivity index (χ4n) is 2.22. The molecule has 1 aromatic heterocycles. The summed E-state index contributed by atoms with van der Waals surface area (Å²) in [5, 5.41) is 3.17. The number of aryl methyl sites for hydroxylation is 1. The standard InChI is InChI=1S/C17H21N3O/c1-3-13-5-4-6-14(9-13)15-10-16(19-8-7-18)17(12(2)21)20-11-15/h4-6,9-11,19H,3,7-8,18H2,1-2H3. The number of nitrogens with one attached hydrogen (secondary N) is 1. The van der Waals surface area contributed by atoms with Gasteiger partial charge < -0.3 is 11.1 Å². The van der Waals surface area contributed by atoms with Crippen molar-refractivity contribution in [3.63, 3.8) is 0 Å². The zero-order chi connectivity index (χ0) is 15.2. The summed E-state index contributed by atoms with van der Waals surface area (Å²) >= 11 is 0. The van der Waals surface area contributed by atoms with Crippen LogP contribution in [0.15, 0.2) is 36.5 Å². The Kier molecular flexibility index (Phi) is 5.06. The summed E-state index contributed by atoms with van der Waals surface area (Å²) in [6.07, 6.45) is 2.74. The van der Waals surface area contributed by atoms with Gasteiger partial charge in [0.1, 0.15) is 5.69 Å². The SMILES string of the molecule is CCc1cccc(-c2cnc(C(C)=O)c(NCCN)c2)c1. The van der Waals surface area contributed by atoms with Crippen molar-refractivity contribution in [2.45, 2.75) is 20.3 Å². The van der Waals surface area contributed by atoms with E-state index >= 15 is 0 Å². The lowest BCUT2D eigenvalue weighted by Gasteiger charge is -2.11. The Bertz CT molecular complexity index is 638. The molecule has 4 nitrogen and oxygen atoms in total. The fraction of sp³-hybridized carbons (Fsp3) is 0.294. The molecule has 0 amide bonds. The maximum absolute atomic E-state index is 11.6. The van der Waals surface area contributed by atoms with E-state index < -0.39 is 0 Å². The normalized spacial score (nSPS) is 10.4. The van der Waals surface area contributed by atoms with E-state index in [0.29, 0.717) is 18.8 Å². The Balaban J connectivity index is 2.42. The third-order valence-corrected chi connectivity index (χ3v) is 3.35. The zero-order valence-corrected chi connectivity index (χ0v) is 12.5. The van der Waals surface area contributed by atoms with E-state index in [1.807, 2.05) is 12.1 Å². The number of anilines is 1. The van der Waals surface area contributed by atoms with Gasteiger partial charge in [-0.2, -0.15) is 0 Å². The summed E-state index contributed by atoms with van der Waals surface area (Å²) in [6, 6.07) is 10.3. The molecule has 4 heteroatoms. The van der Waals surface area contributed by atoms with Gasteiger partial charge in [-0.1, -0.05) is 31.2 Å². The number of nitrogens with zero attached hydrogens (tertiary/aromatic N) is 1. The molecular weight excluding hydrogens is 262 g/mol. The van der Waals surface area contributed by atoms with E-state index in [-0.39, 0.29) is 5.78 Å². The van der Waals surface area contributed by atoms with Crippen molar-refractivity contribution in [1.29, 1.82) is 0 Å². The summed E-state index contributed by atoms with van der Waals surface area (Å²) in [4.78, 5) is 16.0. The van der Waals surface area contributed by atoms with Crippen LogP contribution in [-0.2, 0) is 6.42 Å². The lowest BCUT2D eigenvalue weighted by molar-refractivity contribution is 0.101. The van der Waals surface area contributed by atoms with Gasteiger partial charge in [0.25, 0.3) is 0 Å². The number of ketones is 1. The Hall–Kier alpha value is -2.20. The van der Waals surface area contributed by atoms with Gasteiger partial charge in [0.15, 0.2) is 5.78 Å². The molecule has 110 valence electrons. The number of hydrogen-bond acceptors (Lipinski definition) is 4. The predicted molar refractivity (Wildman–Crippen MR) is 86.6 cm³/mol. The molecule has 0 radical (unpaired) electrons. The van der Waals surface area contributed by atoms with E-state index in [4.69, 9.17) is 5.73 Å². The number of benzene rings is 1. The molecule has 0 spiro atoms. The molecule has 0 saturated carbocycles. The van der Waals surface area contributed by atoms with Crippen LogP contribution in [0.1, 0.15) is 29.9 Å². The van der Waals surface area contributed by atoms with Crippen molar-refractivity contribution < 1.29 is 4.79 Å². The van der Waals surface area contributed by atoms with Gasteiger partial charge in [0, 0.05) is 31.8 Å². The van der Waals surface area contributed by atoms with Crippen molar-refractivity contribution in [3.8, 4) is 11.1 Å². The van der Waals surface area contributed by atoms with Gasteiger partial charge in [-0.3, -0.25) is 9.78 Å². The molecule has 0 saturated heterocycles. The predicted octanol–water partition coefficient (Wildman–Crippen LogP) is 2.88. The smallest absolute Gasteiger partial charge is 0.180 e. The van der Waals surface area contributed by atoms with E-state index in [9.17, 15) is 4.79 Å². The van der Waals surface area contributed by atoms with Crippen LogP contribution in [0.2, 0.25) is 0 Å². The third-order valence-electron chi connectivity index (χ3n) is 3.35. The molecule has 2 rings (SSSR count). The van der Waals surface area contributed by atoms with Crippen LogP contribution in [-0.4, -0.2) is 23.9 Å². The lowest BCUT2D eigenvalue weighted by Crippen LogP contribution is -2.15. The molecule has 2 aromatic rings. The number of pyridine rings is 1. The molecule has 0 bridgehead atoms. The van der Waals surface area contributed by atoms with Gasteiger partial charge in [-0.15, -0.1) is 0 Å². The summed E-state index contributed by atoms with van der Waals surface area (Å²) in [5.74, 6) is -0.0524. The number of nitrogens with two attached hydrogens (primary N) is 1. The maximum atomic E-state index is 11.6. The molecule has 0 aliphatic carbocycles. The number of rotatable bonds is 6. The van der Waals surface area contributed by atoms with Crippen LogP contribution in [0.25, 0.3) is 11.1 Å². The first kappa shape index (κ1) is 15.2. The average Bonchev–Trinajstić information content (AvgIpc) is 2.52. The molecule has 0 atom stereocenters. The highest BCUT2D eigenvalue weighted by atomic mass is 16.1. The van der Waals surface area contributed by atoms with Gasteiger partial charge in [-0.25, -0.2) is 0 Å². The molecule has 0 aliphatic rings. The maximum Gasteiger partial charge on any atom is 0.180 e. The number of Topliss-reactive ketones (excluding diaryl/α,β-unsaturated/α-hetero) is 1. The van der Waals surface area contributed by atoms with Gasteiger partial charge in [0.05, 0.1) is 5.69 Å². The minimum Gasteiger partial charge on any atom is -0.382 e.